The molecule has 0 radical (unpaired) electrons. The molecule has 0 spiro atoms. The standard InChI is InChI=1S/C32H40N8O4/c1-35-17-14-33-28(35)20-38-21-29-39(27(31(38)43)18-23-8-10-26(41)11-9-23)30(42)22-36(2)40(29)32(44)34-25-12-15-37(16-13-25)19-24-6-4-3-5-7-24/h3-11,14,17,25,27,29,41H,12-13,15-16,18-22H2,1-2H3,(H,34,44)/t27-,29?/m0/s1. The Labute approximate surface area is 257 Å². The predicted octanol–water partition coefficient (Wildman–Crippen LogP) is 1.77. The lowest BCUT2D eigenvalue weighted by atomic mass is 9.98. The zero-order valence-corrected chi connectivity index (χ0v) is 25.2. The van der Waals surface area contributed by atoms with Gasteiger partial charge in [0, 0.05) is 58.6 Å². The SMILES string of the molecule is CN1CC(=O)N2C(CN(Cc3nccn3C)C(=O)[C@@H]2Cc2ccc(O)cc2)N1C(=O)NC1CCN(Cc2ccccc2)CC1. The molecule has 0 aliphatic carbocycles. The molecule has 2 atom stereocenters. The molecule has 44 heavy (non-hydrogen) atoms. The number of nitrogens with one attached hydrogen (secondary N) is 1. The number of aromatic nitrogens is 2. The minimum Gasteiger partial charge on any atom is -0.508 e. The third kappa shape index (κ3) is 6.27. The topological polar surface area (TPSA) is 117 Å². The summed E-state index contributed by atoms with van der Waals surface area (Å²) in [6.45, 7) is 3.05. The van der Waals surface area contributed by atoms with Crippen LogP contribution in [-0.4, -0.2) is 109 Å². The number of hydrogen-bond donors (Lipinski definition) is 2. The zero-order chi connectivity index (χ0) is 30.8. The van der Waals surface area contributed by atoms with Crippen molar-refractivity contribution in [2.45, 2.75) is 50.6 Å². The molecule has 1 unspecified atom stereocenters. The first-order valence-electron chi connectivity index (χ1n) is 15.2. The van der Waals surface area contributed by atoms with E-state index in [9.17, 15) is 19.5 Å². The lowest BCUT2D eigenvalue weighted by molar-refractivity contribution is -0.187. The average molecular weight is 601 g/mol. The summed E-state index contributed by atoms with van der Waals surface area (Å²) < 4.78 is 1.86. The number of piperidine rings is 1. The second-order valence-corrected chi connectivity index (χ2v) is 12.0. The Hall–Kier alpha value is -4.42. The number of fused-ring (bicyclic) bond motifs is 1. The molecule has 12 heteroatoms. The molecular weight excluding hydrogens is 560 g/mol. The average Bonchev–Trinajstić information content (AvgIpc) is 3.41. The number of aromatic hydroxyl groups is 1. The Morgan fingerprint density at radius 2 is 1.70 bits per heavy atom. The Morgan fingerprint density at radius 3 is 2.39 bits per heavy atom. The maximum atomic E-state index is 14.0. The van der Waals surface area contributed by atoms with Gasteiger partial charge in [-0.3, -0.25) is 14.5 Å². The largest absolute Gasteiger partial charge is 0.508 e. The first-order chi connectivity index (χ1) is 21.3. The van der Waals surface area contributed by atoms with Gasteiger partial charge in [0.05, 0.1) is 19.6 Å². The van der Waals surface area contributed by atoms with E-state index in [2.05, 4.69) is 39.5 Å². The van der Waals surface area contributed by atoms with Gasteiger partial charge < -0.3 is 24.8 Å². The van der Waals surface area contributed by atoms with Gasteiger partial charge in [-0.1, -0.05) is 42.5 Å². The molecule has 3 aliphatic rings. The van der Waals surface area contributed by atoms with Crippen LogP contribution < -0.4 is 5.32 Å². The van der Waals surface area contributed by atoms with Gasteiger partial charge >= 0.3 is 6.03 Å². The van der Waals surface area contributed by atoms with Gasteiger partial charge in [-0.2, -0.15) is 0 Å². The molecule has 232 valence electrons. The Morgan fingerprint density at radius 1 is 0.977 bits per heavy atom. The molecule has 2 N–H and O–H groups in total. The van der Waals surface area contributed by atoms with E-state index in [1.807, 2.05) is 23.9 Å². The fourth-order valence-corrected chi connectivity index (χ4v) is 6.54. The molecule has 0 saturated carbocycles. The highest BCUT2D eigenvalue weighted by atomic mass is 16.3. The third-order valence-corrected chi connectivity index (χ3v) is 8.93. The number of aryl methyl sites for hydroxylation is 1. The number of imidazole rings is 1. The number of likely N-dealkylation sites (N-methyl/N-ethyl adjacent to an activating group) is 1. The van der Waals surface area contributed by atoms with Crippen LogP contribution in [0.3, 0.4) is 0 Å². The van der Waals surface area contributed by atoms with E-state index in [1.54, 1.807) is 57.3 Å². The van der Waals surface area contributed by atoms with Crippen LogP contribution in [0.2, 0.25) is 0 Å². The van der Waals surface area contributed by atoms with Crippen molar-refractivity contribution in [2.75, 3.05) is 33.2 Å². The van der Waals surface area contributed by atoms with E-state index in [1.165, 1.54) is 5.56 Å². The van der Waals surface area contributed by atoms with Crippen LogP contribution in [0.1, 0.15) is 29.8 Å². The third-order valence-electron chi connectivity index (χ3n) is 8.93. The predicted molar refractivity (Wildman–Crippen MR) is 163 cm³/mol. The molecule has 6 rings (SSSR count). The summed E-state index contributed by atoms with van der Waals surface area (Å²) in [6.07, 6.45) is 4.75. The number of amides is 4. The van der Waals surface area contributed by atoms with Crippen molar-refractivity contribution in [2.24, 2.45) is 7.05 Å². The molecule has 3 aromatic rings. The molecule has 3 saturated heterocycles. The summed E-state index contributed by atoms with van der Waals surface area (Å²) in [4.78, 5) is 51.6. The van der Waals surface area contributed by atoms with E-state index < -0.39 is 12.2 Å². The number of phenolic OH excluding ortho intramolecular Hbond substituents is 1. The van der Waals surface area contributed by atoms with Crippen molar-refractivity contribution in [1.29, 1.82) is 0 Å². The van der Waals surface area contributed by atoms with E-state index >= 15 is 0 Å². The summed E-state index contributed by atoms with van der Waals surface area (Å²) in [5, 5.41) is 16.3. The van der Waals surface area contributed by atoms with Crippen molar-refractivity contribution in [3.05, 3.63) is 83.9 Å². The molecule has 3 aliphatic heterocycles. The van der Waals surface area contributed by atoms with Crippen LogP contribution in [0.15, 0.2) is 67.0 Å². The highest BCUT2D eigenvalue weighted by Gasteiger charge is 2.51. The second-order valence-electron chi connectivity index (χ2n) is 12.0. The van der Waals surface area contributed by atoms with Gasteiger partial charge in [-0.25, -0.2) is 19.8 Å². The number of carbonyl (C=O) groups excluding carboxylic acids is 3. The van der Waals surface area contributed by atoms with Crippen molar-refractivity contribution in [3.8, 4) is 5.75 Å². The molecule has 4 amide bonds. The Balaban J connectivity index is 1.20. The van der Waals surface area contributed by atoms with Gasteiger partial charge in [-0.15, -0.1) is 0 Å². The second kappa shape index (κ2) is 12.7. The lowest BCUT2D eigenvalue weighted by Crippen LogP contribution is -2.76. The molecular formula is C32H40N8O4. The molecule has 0 bridgehead atoms. The van der Waals surface area contributed by atoms with Crippen molar-refractivity contribution >= 4 is 17.8 Å². The van der Waals surface area contributed by atoms with Gasteiger partial charge in [0.1, 0.15) is 23.8 Å². The van der Waals surface area contributed by atoms with E-state index in [0.717, 1.165) is 38.0 Å². The highest BCUT2D eigenvalue weighted by Crippen LogP contribution is 2.29. The number of carbonyl (C=O) groups is 3. The van der Waals surface area contributed by atoms with E-state index in [4.69, 9.17) is 0 Å². The summed E-state index contributed by atoms with van der Waals surface area (Å²) in [5.74, 6) is 0.442. The number of hydrazine groups is 1. The van der Waals surface area contributed by atoms with Crippen LogP contribution >= 0.6 is 0 Å². The molecule has 1 aromatic heterocycles. The van der Waals surface area contributed by atoms with Crippen molar-refractivity contribution in [3.63, 3.8) is 0 Å². The molecule has 2 aromatic carbocycles. The zero-order valence-electron chi connectivity index (χ0n) is 25.2. The van der Waals surface area contributed by atoms with Crippen molar-refractivity contribution in [1.82, 2.24) is 39.6 Å². The lowest BCUT2D eigenvalue weighted by Gasteiger charge is -2.54. The Bertz CT molecular complexity index is 1470. The minimum absolute atomic E-state index is 0.00990. The number of nitrogens with zero attached hydrogens (tertiary/aromatic N) is 7. The normalized spacial score (nSPS) is 21.9. The number of phenols is 1. The summed E-state index contributed by atoms with van der Waals surface area (Å²) in [5.41, 5.74) is 2.09. The monoisotopic (exact) mass is 600 g/mol. The number of hydrogen-bond acceptors (Lipinski definition) is 7. The van der Waals surface area contributed by atoms with Crippen molar-refractivity contribution < 1.29 is 19.5 Å². The number of piperazine rings is 1. The first-order valence-corrected chi connectivity index (χ1v) is 15.2. The van der Waals surface area contributed by atoms with E-state index in [0.29, 0.717) is 5.82 Å². The fourth-order valence-electron chi connectivity index (χ4n) is 6.54. The maximum Gasteiger partial charge on any atom is 0.334 e. The minimum atomic E-state index is -0.809. The maximum absolute atomic E-state index is 14.0. The van der Waals surface area contributed by atoms with Gasteiger partial charge in [0.25, 0.3) is 0 Å². The van der Waals surface area contributed by atoms with Crippen LogP contribution in [0.25, 0.3) is 0 Å². The molecule has 12 nitrogen and oxygen atoms in total. The number of rotatable bonds is 7. The van der Waals surface area contributed by atoms with Crippen LogP contribution in [-0.2, 0) is 36.1 Å². The van der Waals surface area contributed by atoms with Gasteiger partial charge in [0.2, 0.25) is 11.8 Å². The number of benzene rings is 2. The first kappa shape index (κ1) is 29.6. The fraction of sp³-hybridized carbons (Fsp3) is 0.438. The Kier molecular flexibility index (Phi) is 8.53. The summed E-state index contributed by atoms with van der Waals surface area (Å²) >= 11 is 0. The smallest absolute Gasteiger partial charge is 0.334 e. The molecule has 3 fully saturated rings. The summed E-state index contributed by atoms with van der Waals surface area (Å²) in [6, 6.07) is 16.0. The molecule has 4 heterocycles. The van der Waals surface area contributed by atoms with Crippen LogP contribution in [0, 0.1) is 0 Å². The van der Waals surface area contributed by atoms with Crippen LogP contribution in [0.4, 0.5) is 4.79 Å². The quantitative estimate of drug-likeness (QED) is 0.425. The highest BCUT2D eigenvalue weighted by molar-refractivity contribution is 5.91. The van der Waals surface area contributed by atoms with E-state index in [-0.39, 0.29) is 55.7 Å². The van der Waals surface area contributed by atoms with Crippen LogP contribution in [0.5, 0.6) is 5.75 Å². The summed E-state index contributed by atoms with van der Waals surface area (Å²) in [7, 11) is 3.62. The van der Waals surface area contributed by atoms with Gasteiger partial charge in [0.15, 0.2) is 0 Å². The number of urea groups is 1. The number of likely N-dealkylation sites (tertiary alicyclic amines) is 1. The van der Waals surface area contributed by atoms with Gasteiger partial charge in [-0.05, 0) is 36.1 Å².